The molecule has 1 aliphatic rings. The quantitative estimate of drug-likeness (QED) is 0.689. The van der Waals surface area contributed by atoms with Crippen LogP contribution >= 0.6 is 22.7 Å². The van der Waals surface area contributed by atoms with Crippen LogP contribution in [-0.4, -0.2) is 53.4 Å². The van der Waals surface area contributed by atoms with Gasteiger partial charge in [-0.15, -0.1) is 22.7 Å². The number of amides is 1. The molecule has 4 rings (SSSR count). The summed E-state index contributed by atoms with van der Waals surface area (Å²) in [6.45, 7) is 5.08. The summed E-state index contributed by atoms with van der Waals surface area (Å²) in [5.41, 5.74) is 1.94. The van der Waals surface area contributed by atoms with Gasteiger partial charge in [0.05, 0.1) is 23.7 Å². The number of rotatable bonds is 6. The first-order valence-electron chi connectivity index (χ1n) is 9.04. The Hall–Kier alpha value is -2.06. The Morgan fingerprint density at radius 2 is 1.78 bits per heavy atom. The third kappa shape index (κ3) is 5.01. The fraction of sp³-hybridized carbons (Fsp3) is 0.300. The lowest BCUT2D eigenvalue weighted by Crippen LogP contribution is -2.48. The highest BCUT2D eigenvalue weighted by Crippen LogP contribution is 2.26. The van der Waals surface area contributed by atoms with E-state index in [-0.39, 0.29) is 5.91 Å². The molecule has 0 unspecified atom stereocenters. The van der Waals surface area contributed by atoms with Gasteiger partial charge in [-0.3, -0.25) is 14.6 Å². The van der Waals surface area contributed by atoms with Crippen LogP contribution in [0.4, 0.5) is 5.69 Å². The molecule has 1 aromatic carbocycles. The van der Waals surface area contributed by atoms with Crippen molar-refractivity contribution in [2.24, 2.45) is 0 Å². The number of thiophene rings is 1. The van der Waals surface area contributed by atoms with E-state index >= 15 is 0 Å². The number of nitrogens with zero attached hydrogens (tertiary/aromatic N) is 3. The van der Waals surface area contributed by atoms with Crippen LogP contribution in [0.1, 0.15) is 5.01 Å². The second-order valence-electron chi connectivity index (χ2n) is 6.57. The maximum absolute atomic E-state index is 12.2. The minimum Gasteiger partial charge on any atom is -0.325 e. The Bertz CT molecular complexity index is 855. The monoisotopic (exact) mass is 398 g/mol. The van der Waals surface area contributed by atoms with E-state index in [1.807, 2.05) is 30.3 Å². The standard InChI is InChI=1S/C20H22N4OS2/c25-19(21-16-5-2-1-3-6-16)13-23-8-10-24(11-9-23)14-20-22-17(15-27-20)18-7-4-12-26-18/h1-7,12,15H,8-11,13-14H2,(H,21,25). The van der Waals surface area contributed by atoms with Crippen molar-refractivity contribution in [3.63, 3.8) is 0 Å². The van der Waals surface area contributed by atoms with Crippen molar-refractivity contribution in [3.05, 3.63) is 58.2 Å². The number of anilines is 1. The topological polar surface area (TPSA) is 48.5 Å². The Kier molecular flexibility index (Phi) is 5.94. The fourth-order valence-electron chi connectivity index (χ4n) is 3.14. The molecule has 27 heavy (non-hydrogen) atoms. The van der Waals surface area contributed by atoms with Crippen LogP contribution in [0.5, 0.6) is 0 Å². The average Bonchev–Trinajstić information content (AvgIpc) is 3.36. The van der Waals surface area contributed by atoms with Crippen LogP contribution in [0.3, 0.4) is 0 Å². The number of hydrogen-bond acceptors (Lipinski definition) is 6. The predicted octanol–water partition coefficient (Wildman–Crippen LogP) is 3.63. The van der Waals surface area contributed by atoms with E-state index in [0.717, 1.165) is 49.1 Å². The summed E-state index contributed by atoms with van der Waals surface area (Å²) < 4.78 is 0. The Morgan fingerprint density at radius 3 is 2.52 bits per heavy atom. The highest BCUT2D eigenvalue weighted by atomic mass is 32.1. The maximum Gasteiger partial charge on any atom is 0.238 e. The smallest absolute Gasteiger partial charge is 0.238 e. The van der Waals surface area contributed by atoms with Gasteiger partial charge in [0.25, 0.3) is 0 Å². The Balaban J connectivity index is 1.23. The number of para-hydroxylation sites is 1. The van der Waals surface area contributed by atoms with Crippen LogP contribution in [0.25, 0.3) is 10.6 Å². The number of carbonyl (C=O) groups is 1. The Labute approximate surface area is 167 Å². The second-order valence-corrected chi connectivity index (χ2v) is 8.46. The summed E-state index contributed by atoms with van der Waals surface area (Å²) in [7, 11) is 0. The molecule has 1 aliphatic heterocycles. The van der Waals surface area contributed by atoms with Gasteiger partial charge in [-0.25, -0.2) is 4.98 Å². The molecule has 2 aromatic heterocycles. The van der Waals surface area contributed by atoms with Crippen molar-refractivity contribution < 1.29 is 4.79 Å². The van der Waals surface area contributed by atoms with Gasteiger partial charge in [0, 0.05) is 37.2 Å². The number of benzene rings is 1. The number of thiazole rings is 1. The van der Waals surface area contributed by atoms with Gasteiger partial charge in [0.1, 0.15) is 5.01 Å². The molecule has 7 heteroatoms. The van der Waals surface area contributed by atoms with Crippen molar-refractivity contribution >= 4 is 34.3 Å². The molecule has 140 valence electrons. The molecule has 3 heterocycles. The summed E-state index contributed by atoms with van der Waals surface area (Å²) in [4.78, 5) is 22.8. The predicted molar refractivity (Wildman–Crippen MR) is 112 cm³/mol. The zero-order chi connectivity index (χ0) is 18.5. The molecule has 1 fully saturated rings. The number of aromatic nitrogens is 1. The summed E-state index contributed by atoms with van der Waals surface area (Å²) in [5, 5.41) is 8.34. The molecule has 3 aromatic rings. The highest BCUT2D eigenvalue weighted by molar-refractivity contribution is 7.14. The lowest BCUT2D eigenvalue weighted by Gasteiger charge is -2.33. The van der Waals surface area contributed by atoms with Crippen molar-refractivity contribution in [1.29, 1.82) is 0 Å². The van der Waals surface area contributed by atoms with E-state index in [0.29, 0.717) is 6.54 Å². The first-order valence-corrected chi connectivity index (χ1v) is 10.8. The molecule has 5 nitrogen and oxygen atoms in total. The molecular formula is C20H22N4OS2. The van der Waals surface area contributed by atoms with E-state index < -0.39 is 0 Å². The molecule has 1 amide bonds. The maximum atomic E-state index is 12.2. The molecule has 0 spiro atoms. The first kappa shape index (κ1) is 18.3. The highest BCUT2D eigenvalue weighted by Gasteiger charge is 2.20. The molecule has 0 atom stereocenters. The largest absolute Gasteiger partial charge is 0.325 e. The van der Waals surface area contributed by atoms with Crippen LogP contribution in [0, 0.1) is 0 Å². The molecular weight excluding hydrogens is 376 g/mol. The number of nitrogens with one attached hydrogen (secondary N) is 1. The SMILES string of the molecule is O=C(CN1CCN(Cc2nc(-c3cccs3)cs2)CC1)Nc1ccccc1. The Morgan fingerprint density at radius 1 is 1.00 bits per heavy atom. The van der Waals surface area contributed by atoms with Gasteiger partial charge in [0.2, 0.25) is 5.91 Å². The zero-order valence-electron chi connectivity index (χ0n) is 15.0. The van der Waals surface area contributed by atoms with Crippen LogP contribution in [0.15, 0.2) is 53.2 Å². The van der Waals surface area contributed by atoms with Gasteiger partial charge in [-0.2, -0.15) is 0 Å². The minimum atomic E-state index is 0.0511. The lowest BCUT2D eigenvalue weighted by molar-refractivity contribution is -0.117. The van der Waals surface area contributed by atoms with Crippen molar-refractivity contribution in [2.45, 2.75) is 6.54 Å². The third-order valence-corrected chi connectivity index (χ3v) is 6.30. The zero-order valence-corrected chi connectivity index (χ0v) is 16.6. The van der Waals surface area contributed by atoms with E-state index in [9.17, 15) is 4.79 Å². The summed E-state index contributed by atoms with van der Waals surface area (Å²) >= 11 is 3.46. The third-order valence-electron chi connectivity index (χ3n) is 4.57. The lowest BCUT2D eigenvalue weighted by atomic mass is 10.3. The number of hydrogen-bond donors (Lipinski definition) is 1. The van der Waals surface area contributed by atoms with E-state index in [1.54, 1.807) is 22.7 Å². The fourth-order valence-corrected chi connectivity index (χ4v) is 4.74. The summed E-state index contributed by atoms with van der Waals surface area (Å²) in [6.07, 6.45) is 0. The number of piperazine rings is 1. The summed E-state index contributed by atoms with van der Waals surface area (Å²) in [6, 6.07) is 13.8. The van der Waals surface area contributed by atoms with Crippen molar-refractivity contribution in [3.8, 4) is 10.6 Å². The summed E-state index contributed by atoms with van der Waals surface area (Å²) in [5.74, 6) is 0.0511. The van der Waals surface area contributed by atoms with Crippen molar-refractivity contribution in [2.75, 3.05) is 38.0 Å². The second kappa shape index (κ2) is 8.75. The molecule has 1 N–H and O–H groups in total. The first-order chi connectivity index (χ1) is 13.3. The van der Waals surface area contributed by atoms with E-state index in [1.165, 1.54) is 4.88 Å². The van der Waals surface area contributed by atoms with Gasteiger partial charge in [-0.05, 0) is 23.6 Å². The van der Waals surface area contributed by atoms with Gasteiger partial charge in [-0.1, -0.05) is 24.3 Å². The average molecular weight is 399 g/mol. The normalized spacial score (nSPS) is 15.7. The van der Waals surface area contributed by atoms with Crippen LogP contribution < -0.4 is 5.32 Å². The van der Waals surface area contributed by atoms with Gasteiger partial charge in [0.15, 0.2) is 0 Å². The van der Waals surface area contributed by atoms with E-state index in [4.69, 9.17) is 4.98 Å². The van der Waals surface area contributed by atoms with Crippen molar-refractivity contribution in [1.82, 2.24) is 14.8 Å². The molecule has 0 radical (unpaired) electrons. The van der Waals surface area contributed by atoms with Gasteiger partial charge >= 0.3 is 0 Å². The molecule has 0 bridgehead atoms. The molecule has 1 saturated heterocycles. The minimum absolute atomic E-state index is 0.0511. The van der Waals surface area contributed by atoms with Gasteiger partial charge < -0.3 is 5.32 Å². The molecule has 0 aliphatic carbocycles. The number of carbonyl (C=O) groups excluding carboxylic acids is 1. The van der Waals surface area contributed by atoms with Crippen LogP contribution in [0.2, 0.25) is 0 Å². The molecule has 0 saturated carbocycles. The van der Waals surface area contributed by atoms with E-state index in [2.05, 4.69) is 38.0 Å². The van der Waals surface area contributed by atoms with Crippen LogP contribution in [-0.2, 0) is 11.3 Å².